The summed E-state index contributed by atoms with van der Waals surface area (Å²) in [6.45, 7) is 17.3. The first-order valence-electron chi connectivity index (χ1n) is 6.58. The number of aliphatic hydroxyl groups excluding tert-OH is 1. The molecule has 1 N–H and O–H groups in total. The molecule has 0 saturated heterocycles. The van der Waals surface area contributed by atoms with E-state index in [-0.39, 0.29) is 13.2 Å². The van der Waals surface area contributed by atoms with Gasteiger partial charge in [0, 0.05) is 0 Å². The molecule has 0 fully saturated rings. The fraction of sp³-hybridized carbons (Fsp3) is 0.375. The molecule has 0 aliphatic carbocycles. The molecule has 0 unspecified atom stereocenters. The summed E-state index contributed by atoms with van der Waals surface area (Å²) >= 11 is 0. The Kier molecular flexibility index (Phi) is 11.1. The van der Waals surface area contributed by atoms with E-state index < -0.39 is 24.4 Å². The quantitative estimate of drug-likeness (QED) is 0.468. The first-order chi connectivity index (χ1) is 10.7. The molecule has 6 heteroatoms. The fourth-order valence-corrected chi connectivity index (χ4v) is 1.82. The summed E-state index contributed by atoms with van der Waals surface area (Å²) in [5.74, 6) is 0. The third kappa shape index (κ3) is 6.41. The van der Waals surface area contributed by atoms with Gasteiger partial charge in [0.05, 0.1) is 37.9 Å². The molecule has 0 amide bonds. The minimum absolute atomic E-state index is 0.122. The molecule has 0 aromatic rings. The highest BCUT2D eigenvalue weighted by atomic mass is 16.6. The second-order valence-electron chi connectivity index (χ2n) is 3.90. The van der Waals surface area contributed by atoms with Crippen molar-refractivity contribution < 1.29 is 28.8 Å². The highest BCUT2D eigenvalue weighted by molar-refractivity contribution is 4.90. The first kappa shape index (κ1) is 19.7. The number of aliphatic hydroxyl groups is 1. The van der Waals surface area contributed by atoms with Crippen molar-refractivity contribution in [3.8, 4) is 0 Å². The predicted molar refractivity (Wildman–Crippen MR) is 83.5 cm³/mol. The summed E-state index contributed by atoms with van der Waals surface area (Å²) in [7, 11) is 0. The van der Waals surface area contributed by atoms with Gasteiger partial charge in [-0.15, -0.1) is 0 Å². The van der Waals surface area contributed by atoms with Crippen molar-refractivity contribution in [2.75, 3.05) is 13.2 Å². The van der Waals surface area contributed by atoms with Gasteiger partial charge in [-0.1, -0.05) is 32.9 Å². The van der Waals surface area contributed by atoms with Crippen LogP contribution in [0.3, 0.4) is 0 Å². The van der Waals surface area contributed by atoms with Crippen LogP contribution in [0, 0.1) is 0 Å². The van der Waals surface area contributed by atoms with Gasteiger partial charge in [0.2, 0.25) is 0 Å². The van der Waals surface area contributed by atoms with Gasteiger partial charge in [-0.2, -0.15) is 0 Å². The second-order valence-corrected chi connectivity index (χ2v) is 3.90. The molecule has 22 heavy (non-hydrogen) atoms. The Balaban J connectivity index is 5.38. The van der Waals surface area contributed by atoms with Gasteiger partial charge in [-0.05, 0) is 0 Å². The maximum absolute atomic E-state index is 9.48. The standard InChI is InChI=1S/C16H24O6/c1-6-18-12-14(20-8-3)16(22-10-5)15(21-9-4)13(11-17)19-7-2/h6-10,13-17H,1-5,11-12H2/t13-,14+,15-,16-/m1/s1. The second kappa shape index (κ2) is 12.4. The molecule has 0 heterocycles. The van der Waals surface area contributed by atoms with Gasteiger partial charge in [0.1, 0.15) is 6.61 Å². The van der Waals surface area contributed by atoms with Crippen molar-refractivity contribution in [3.05, 3.63) is 64.2 Å². The number of rotatable bonds is 15. The molecule has 0 aliphatic rings. The van der Waals surface area contributed by atoms with Crippen LogP contribution >= 0.6 is 0 Å². The minimum atomic E-state index is -0.753. The Morgan fingerprint density at radius 3 is 1.55 bits per heavy atom. The van der Waals surface area contributed by atoms with Gasteiger partial charge < -0.3 is 28.8 Å². The molecule has 0 spiro atoms. The molecule has 0 aromatic heterocycles. The highest BCUT2D eigenvalue weighted by Crippen LogP contribution is 2.19. The third-order valence-corrected chi connectivity index (χ3v) is 2.66. The Hall–Kier alpha value is -2.34. The average Bonchev–Trinajstić information content (AvgIpc) is 2.53. The van der Waals surface area contributed by atoms with Crippen molar-refractivity contribution in [2.24, 2.45) is 0 Å². The van der Waals surface area contributed by atoms with Gasteiger partial charge in [0.25, 0.3) is 0 Å². The van der Waals surface area contributed by atoms with E-state index in [1.165, 1.54) is 31.3 Å². The molecule has 0 rings (SSSR count). The third-order valence-electron chi connectivity index (χ3n) is 2.66. The van der Waals surface area contributed by atoms with E-state index in [9.17, 15) is 5.11 Å². The van der Waals surface area contributed by atoms with E-state index in [4.69, 9.17) is 23.7 Å². The van der Waals surface area contributed by atoms with Crippen molar-refractivity contribution in [1.82, 2.24) is 0 Å². The van der Waals surface area contributed by atoms with Gasteiger partial charge in [-0.3, -0.25) is 0 Å². The zero-order chi connectivity index (χ0) is 16.8. The first-order valence-corrected chi connectivity index (χ1v) is 6.58. The average molecular weight is 312 g/mol. The normalized spacial score (nSPS) is 15.1. The lowest BCUT2D eigenvalue weighted by Crippen LogP contribution is -2.50. The number of ether oxygens (including phenoxy) is 5. The Morgan fingerprint density at radius 2 is 1.14 bits per heavy atom. The lowest BCUT2D eigenvalue weighted by molar-refractivity contribution is -0.135. The molecule has 0 radical (unpaired) electrons. The van der Waals surface area contributed by atoms with Gasteiger partial charge >= 0.3 is 0 Å². The summed E-state index contributed by atoms with van der Waals surface area (Å²) < 4.78 is 26.7. The van der Waals surface area contributed by atoms with Crippen LogP contribution in [0.15, 0.2) is 64.2 Å². The summed E-state index contributed by atoms with van der Waals surface area (Å²) in [6.07, 6.45) is 3.36. The summed E-state index contributed by atoms with van der Waals surface area (Å²) in [5, 5.41) is 9.48. The van der Waals surface area contributed by atoms with Gasteiger partial charge in [-0.25, -0.2) is 0 Å². The monoisotopic (exact) mass is 312 g/mol. The zero-order valence-corrected chi connectivity index (χ0v) is 12.6. The summed E-state index contributed by atoms with van der Waals surface area (Å²) in [5.41, 5.74) is 0. The van der Waals surface area contributed by atoms with Crippen LogP contribution in [-0.2, 0) is 23.7 Å². The molecule has 6 nitrogen and oxygen atoms in total. The largest absolute Gasteiger partial charge is 0.498 e. The molecule has 0 saturated carbocycles. The maximum atomic E-state index is 9.48. The van der Waals surface area contributed by atoms with Crippen LogP contribution in [0.1, 0.15) is 0 Å². The number of hydrogen-bond acceptors (Lipinski definition) is 6. The zero-order valence-electron chi connectivity index (χ0n) is 12.6. The van der Waals surface area contributed by atoms with Crippen molar-refractivity contribution >= 4 is 0 Å². The summed E-state index contributed by atoms with van der Waals surface area (Å²) in [6, 6.07) is 0. The van der Waals surface area contributed by atoms with E-state index in [0.717, 1.165) is 0 Å². The van der Waals surface area contributed by atoms with E-state index in [1.54, 1.807) is 0 Å². The molecular weight excluding hydrogens is 288 g/mol. The Morgan fingerprint density at radius 1 is 0.682 bits per heavy atom. The molecule has 124 valence electrons. The van der Waals surface area contributed by atoms with Crippen LogP contribution in [0.25, 0.3) is 0 Å². The maximum Gasteiger partial charge on any atom is 0.178 e. The van der Waals surface area contributed by atoms with Crippen LogP contribution in [0.4, 0.5) is 0 Å². The molecular formula is C16H24O6. The highest BCUT2D eigenvalue weighted by Gasteiger charge is 2.39. The van der Waals surface area contributed by atoms with E-state index in [0.29, 0.717) is 0 Å². The lowest BCUT2D eigenvalue weighted by Gasteiger charge is -2.34. The topological polar surface area (TPSA) is 66.4 Å². The SMILES string of the molecule is C=COC[C@H](OC=C)[C@@H](OC=C)[C@H](OC=C)[C@@H](CO)OC=C. The van der Waals surface area contributed by atoms with E-state index in [2.05, 4.69) is 32.9 Å². The van der Waals surface area contributed by atoms with Crippen LogP contribution in [-0.4, -0.2) is 42.7 Å². The van der Waals surface area contributed by atoms with Crippen LogP contribution < -0.4 is 0 Å². The lowest BCUT2D eigenvalue weighted by atomic mass is 10.0. The van der Waals surface area contributed by atoms with E-state index >= 15 is 0 Å². The van der Waals surface area contributed by atoms with Crippen LogP contribution in [0.2, 0.25) is 0 Å². The van der Waals surface area contributed by atoms with Gasteiger partial charge in [0.15, 0.2) is 24.4 Å². The molecule has 4 atom stereocenters. The minimum Gasteiger partial charge on any atom is -0.498 e. The van der Waals surface area contributed by atoms with E-state index in [1.807, 2.05) is 0 Å². The number of hydrogen-bond donors (Lipinski definition) is 1. The van der Waals surface area contributed by atoms with Crippen molar-refractivity contribution in [1.29, 1.82) is 0 Å². The molecule has 0 aromatic carbocycles. The summed E-state index contributed by atoms with van der Waals surface area (Å²) in [4.78, 5) is 0. The van der Waals surface area contributed by atoms with Crippen molar-refractivity contribution in [2.45, 2.75) is 24.4 Å². The Labute approximate surface area is 131 Å². The smallest absolute Gasteiger partial charge is 0.178 e. The predicted octanol–water partition coefficient (Wildman–Crippen LogP) is 2.25. The Bertz CT molecular complexity index is 355. The van der Waals surface area contributed by atoms with Crippen molar-refractivity contribution in [3.63, 3.8) is 0 Å². The van der Waals surface area contributed by atoms with Crippen LogP contribution in [0.5, 0.6) is 0 Å². The molecule has 0 aliphatic heterocycles. The fourth-order valence-electron chi connectivity index (χ4n) is 1.82. The molecule has 0 bridgehead atoms.